The SMILES string of the molecule is COc1ccc(COc2ccc(C(C)=O)cc2OC)cc1F. The quantitative estimate of drug-likeness (QED) is 0.765. The van der Waals surface area contributed by atoms with Crippen molar-refractivity contribution in [3.63, 3.8) is 0 Å². The van der Waals surface area contributed by atoms with E-state index in [9.17, 15) is 9.18 Å². The van der Waals surface area contributed by atoms with Crippen LogP contribution in [0.3, 0.4) is 0 Å². The molecule has 2 rings (SSSR count). The van der Waals surface area contributed by atoms with E-state index in [-0.39, 0.29) is 18.1 Å². The third kappa shape index (κ3) is 3.55. The Morgan fingerprint density at radius 1 is 1.00 bits per heavy atom. The zero-order valence-electron chi connectivity index (χ0n) is 12.7. The van der Waals surface area contributed by atoms with Crippen LogP contribution in [0, 0.1) is 5.82 Å². The molecule has 0 saturated carbocycles. The van der Waals surface area contributed by atoms with Gasteiger partial charge in [0, 0.05) is 5.56 Å². The fourth-order valence-electron chi connectivity index (χ4n) is 1.97. The minimum atomic E-state index is -0.442. The Labute approximate surface area is 128 Å². The zero-order chi connectivity index (χ0) is 16.1. The van der Waals surface area contributed by atoms with Gasteiger partial charge in [0.15, 0.2) is 28.8 Å². The molecule has 0 spiro atoms. The van der Waals surface area contributed by atoms with Gasteiger partial charge in [-0.05, 0) is 42.8 Å². The maximum absolute atomic E-state index is 13.6. The van der Waals surface area contributed by atoms with Crippen molar-refractivity contribution < 1.29 is 23.4 Å². The van der Waals surface area contributed by atoms with E-state index in [4.69, 9.17) is 14.2 Å². The van der Waals surface area contributed by atoms with Crippen molar-refractivity contribution in [2.45, 2.75) is 13.5 Å². The highest BCUT2D eigenvalue weighted by Crippen LogP contribution is 2.29. The summed E-state index contributed by atoms with van der Waals surface area (Å²) in [4.78, 5) is 11.4. The molecule has 0 unspecified atom stereocenters. The Bertz CT molecular complexity index is 682. The molecule has 0 amide bonds. The molecule has 0 radical (unpaired) electrons. The van der Waals surface area contributed by atoms with E-state index in [1.54, 1.807) is 30.3 Å². The lowest BCUT2D eigenvalue weighted by atomic mass is 10.1. The number of Topliss-reactive ketones (excluding diaryl/α,β-unsaturated/α-hetero) is 1. The minimum Gasteiger partial charge on any atom is -0.494 e. The molecule has 2 aromatic rings. The minimum absolute atomic E-state index is 0.0536. The largest absolute Gasteiger partial charge is 0.494 e. The van der Waals surface area contributed by atoms with Gasteiger partial charge in [-0.1, -0.05) is 6.07 Å². The van der Waals surface area contributed by atoms with Crippen LogP contribution in [0.15, 0.2) is 36.4 Å². The lowest BCUT2D eigenvalue weighted by Crippen LogP contribution is -2.00. The summed E-state index contributed by atoms with van der Waals surface area (Å²) in [6, 6.07) is 9.56. The van der Waals surface area contributed by atoms with Crippen molar-refractivity contribution in [3.05, 3.63) is 53.3 Å². The van der Waals surface area contributed by atoms with Crippen LogP contribution in [0.25, 0.3) is 0 Å². The third-order valence-electron chi connectivity index (χ3n) is 3.18. The molecular formula is C17H17FO4. The van der Waals surface area contributed by atoms with E-state index in [2.05, 4.69) is 0 Å². The molecule has 22 heavy (non-hydrogen) atoms. The summed E-state index contributed by atoms with van der Waals surface area (Å²) in [5, 5.41) is 0. The molecular weight excluding hydrogens is 287 g/mol. The van der Waals surface area contributed by atoms with Crippen LogP contribution in [-0.4, -0.2) is 20.0 Å². The molecule has 2 aromatic carbocycles. The Kier molecular flexibility index (Phi) is 4.99. The Morgan fingerprint density at radius 2 is 1.68 bits per heavy atom. The fourth-order valence-corrected chi connectivity index (χ4v) is 1.97. The molecule has 5 heteroatoms. The van der Waals surface area contributed by atoms with E-state index in [0.717, 1.165) is 0 Å². The maximum atomic E-state index is 13.6. The number of hydrogen-bond donors (Lipinski definition) is 0. The molecule has 0 aliphatic heterocycles. The van der Waals surface area contributed by atoms with E-state index in [1.807, 2.05) is 0 Å². The monoisotopic (exact) mass is 304 g/mol. The van der Waals surface area contributed by atoms with Gasteiger partial charge in [-0.15, -0.1) is 0 Å². The van der Waals surface area contributed by atoms with E-state index in [1.165, 1.54) is 27.2 Å². The molecule has 4 nitrogen and oxygen atoms in total. The number of halogens is 1. The average molecular weight is 304 g/mol. The number of carbonyl (C=O) groups is 1. The van der Waals surface area contributed by atoms with Gasteiger partial charge in [0.05, 0.1) is 14.2 Å². The highest BCUT2D eigenvalue weighted by atomic mass is 19.1. The number of benzene rings is 2. The predicted octanol–water partition coefficient (Wildman–Crippen LogP) is 3.62. The van der Waals surface area contributed by atoms with Crippen LogP contribution >= 0.6 is 0 Å². The Balaban J connectivity index is 2.14. The number of ether oxygens (including phenoxy) is 3. The van der Waals surface area contributed by atoms with Gasteiger partial charge in [0.25, 0.3) is 0 Å². The summed E-state index contributed by atoms with van der Waals surface area (Å²) in [6.45, 7) is 1.66. The third-order valence-corrected chi connectivity index (χ3v) is 3.18. The van der Waals surface area contributed by atoms with Crippen molar-refractivity contribution >= 4 is 5.78 Å². The van der Waals surface area contributed by atoms with Crippen molar-refractivity contribution in [3.8, 4) is 17.2 Å². The first-order valence-electron chi connectivity index (χ1n) is 6.69. The second kappa shape index (κ2) is 6.93. The van der Waals surface area contributed by atoms with Crippen LogP contribution < -0.4 is 14.2 Å². The van der Waals surface area contributed by atoms with E-state index < -0.39 is 5.82 Å². The number of hydrogen-bond acceptors (Lipinski definition) is 4. The van der Waals surface area contributed by atoms with Crippen LogP contribution in [0.5, 0.6) is 17.2 Å². The summed E-state index contributed by atoms with van der Waals surface area (Å²) < 4.78 is 29.3. The van der Waals surface area contributed by atoms with Crippen LogP contribution in [0.1, 0.15) is 22.8 Å². The normalized spacial score (nSPS) is 10.2. The lowest BCUT2D eigenvalue weighted by molar-refractivity contribution is 0.101. The van der Waals surface area contributed by atoms with E-state index >= 15 is 0 Å². The first-order chi connectivity index (χ1) is 10.5. The molecule has 0 aliphatic carbocycles. The highest BCUT2D eigenvalue weighted by Gasteiger charge is 2.09. The smallest absolute Gasteiger partial charge is 0.165 e. The summed E-state index contributed by atoms with van der Waals surface area (Å²) >= 11 is 0. The first-order valence-corrected chi connectivity index (χ1v) is 6.69. The predicted molar refractivity (Wildman–Crippen MR) is 80.3 cm³/mol. The Morgan fingerprint density at radius 3 is 2.27 bits per heavy atom. The summed E-state index contributed by atoms with van der Waals surface area (Å²) in [5.74, 6) is 0.641. The molecule has 0 aliphatic rings. The molecule has 0 bridgehead atoms. The van der Waals surface area contributed by atoms with Crippen molar-refractivity contribution in [2.24, 2.45) is 0 Å². The molecule has 0 heterocycles. The number of ketones is 1. The summed E-state index contributed by atoms with van der Waals surface area (Å²) in [7, 11) is 2.91. The summed E-state index contributed by atoms with van der Waals surface area (Å²) in [6.07, 6.45) is 0. The Hall–Kier alpha value is -2.56. The van der Waals surface area contributed by atoms with Crippen LogP contribution in [-0.2, 0) is 6.61 Å². The fraction of sp³-hybridized carbons (Fsp3) is 0.235. The standard InChI is InChI=1S/C17H17FO4/c1-11(19)13-5-7-16(17(9-13)21-3)22-10-12-4-6-15(20-2)14(18)8-12/h4-9H,10H2,1-3H3. The highest BCUT2D eigenvalue weighted by molar-refractivity contribution is 5.94. The van der Waals surface area contributed by atoms with Gasteiger partial charge in [0.2, 0.25) is 0 Å². The molecule has 0 fully saturated rings. The molecule has 0 aromatic heterocycles. The molecule has 0 N–H and O–H groups in total. The van der Waals surface area contributed by atoms with Crippen LogP contribution in [0.2, 0.25) is 0 Å². The zero-order valence-corrected chi connectivity index (χ0v) is 12.7. The number of carbonyl (C=O) groups excluding carboxylic acids is 1. The van der Waals surface area contributed by atoms with Gasteiger partial charge < -0.3 is 14.2 Å². The topological polar surface area (TPSA) is 44.8 Å². The molecule has 0 atom stereocenters. The maximum Gasteiger partial charge on any atom is 0.165 e. The molecule has 116 valence electrons. The van der Waals surface area contributed by atoms with Gasteiger partial charge in [-0.25, -0.2) is 4.39 Å². The number of rotatable bonds is 6. The van der Waals surface area contributed by atoms with Gasteiger partial charge in [0.1, 0.15) is 6.61 Å². The second-order valence-electron chi connectivity index (χ2n) is 4.68. The van der Waals surface area contributed by atoms with Gasteiger partial charge in [-0.3, -0.25) is 4.79 Å². The van der Waals surface area contributed by atoms with E-state index in [0.29, 0.717) is 22.6 Å². The van der Waals surface area contributed by atoms with Gasteiger partial charge in [-0.2, -0.15) is 0 Å². The van der Waals surface area contributed by atoms with Gasteiger partial charge >= 0.3 is 0 Å². The number of methoxy groups -OCH3 is 2. The lowest BCUT2D eigenvalue weighted by Gasteiger charge is -2.12. The molecule has 0 saturated heterocycles. The first kappa shape index (κ1) is 15.8. The van der Waals surface area contributed by atoms with Crippen molar-refractivity contribution in [2.75, 3.05) is 14.2 Å². The van der Waals surface area contributed by atoms with Crippen molar-refractivity contribution in [1.29, 1.82) is 0 Å². The van der Waals surface area contributed by atoms with Crippen LogP contribution in [0.4, 0.5) is 4.39 Å². The second-order valence-corrected chi connectivity index (χ2v) is 4.68. The average Bonchev–Trinajstić information content (AvgIpc) is 2.52. The summed E-state index contributed by atoms with van der Waals surface area (Å²) in [5.41, 5.74) is 1.20. The van der Waals surface area contributed by atoms with Crippen molar-refractivity contribution in [1.82, 2.24) is 0 Å².